The van der Waals surface area contributed by atoms with Gasteiger partial charge < -0.3 is 20.1 Å². The number of nitrogens with two attached hydrogens (primary N) is 1. The predicted octanol–water partition coefficient (Wildman–Crippen LogP) is 5.67. The Hall–Kier alpha value is -4.34. The van der Waals surface area contributed by atoms with Crippen LogP contribution in [0.2, 0.25) is 5.02 Å². The summed E-state index contributed by atoms with van der Waals surface area (Å²) in [5, 5.41) is 8.42. The maximum atomic E-state index is 13.1. The zero-order valence-corrected chi connectivity index (χ0v) is 22.9. The lowest BCUT2D eigenvalue weighted by Gasteiger charge is -2.24. The summed E-state index contributed by atoms with van der Waals surface area (Å²) >= 11 is 13.2. The van der Waals surface area contributed by atoms with Gasteiger partial charge in [0.1, 0.15) is 11.2 Å². The highest BCUT2D eigenvalue weighted by atomic mass is 35.5. The molecule has 3 aromatic carbocycles. The van der Waals surface area contributed by atoms with Gasteiger partial charge in [0, 0.05) is 47.6 Å². The number of benzene rings is 3. The van der Waals surface area contributed by atoms with Gasteiger partial charge >= 0.3 is 0 Å². The Labute approximate surface area is 239 Å². The van der Waals surface area contributed by atoms with Gasteiger partial charge in [0.2, 0.25) is 17.6 Å². The van der Waals surface area contributed by atoms with Crippen molar-refractivity contribution in [1.82, 2.24) is 24.4 Å². The van der Waals surface area contributed by atoms with E-state index in [4.69, 9.17) is 33.6 Å². The van der Waals surface area contributed by atoms with E-state index >= 15 is 0 Å². The van der Waals surface area contributed by atoms with E-state index in [1.165, 1.54) is 0 Å². The molecule has 0 spiro atoms. The fourth-order valence-corrected chi connectivity index (χ4v) is 5.45. The Morgan fingerprint density at radius 1 is 1.10 bits per heavy atom. The second-order valence-corrected chi connectivity index (χ2v) is 10.5. The molecule has 0 bridgehead atoms. The van der Waals surface area contributed by atoms with Crippen molar-refractivity contribution in [3.8, 4) is 17.2 Å². The number of fused-ring (bicyclic) bond motifs is 1. The molecule has 0 atom stereocenters. The number of carbonyl (C=O) groups is 2. The number of nitrogens with one attached hydrogen (secondary N) is 1. The first-order valence-electron chi connectivity index (χ1n) is 12.6. The Morgan fingerprint density at radius 2 is 1.85 bits per heavy atom. The minimum absolute atomic E-state index is 0.266. The lowest BCUT2D eigenvalue weighted by molar-refractivity contribution is -0.125. The summed E-state index contributed by atoms with van der Waals surface area (Å²) in [5.74, 6) is 0.0635. The summed E-state index contributed by atoms with van der Waals surface area (Å²) in [7, 11) is 0. The number of nitrogen functional groups attached to an aromatic ring is 1. The van der Waals surface area contributed by atoms with Crippen LogP contribution in [0.15, 0.2) is 77.3 Å². The van der Waals surface area contributed by atoms with Gasteiger partial charge in [0.05, 0.1) is 10.5 Å². The molecule has 1 fully saturated rings. The monoisotopic (exact) mass is 574 g/mol. The van der Waals surface area contributed by atoms with Crippen molar-refractivity contribution in [3.05, 3.63) is 94.8 Å². The van der Waals surface area contributed by atoms with Gasteiger partial charge in [0.25, 0.3) is 5.91 Å². The van der Waals surface area contributed by atoms with Crippen LogP contribution >= 0.6 is 23.4 Å². The standard InChI is InChI=1S/C29H24Cl2N6O3/c1-17-34-26(35-40-17)25-24(30)22-7-2-3-8-23(22)36(25)21-11-9-18(10-12-21)16-33-28(39)29(13-14-29)37(31)27(38)19-5-4-6-20(32)15-19/h2-12,15H,13-14,16,32H2,1H3,(H,33,39). The topological polar surface area (TPSA) is 119 Å². The number of anilines is 1. The number of nitrogens with zero attached hydrogens (tertiary/aromatic N) is 4. The van der Waals surface area contributed by atoms with Gasteiger partial charge in [-0.15, -0.1) is 0 Å². The molecule has 6 rings (SSSR count). The van der Waals surface area contributed by atoms with E-state index in [1.54, 1.807) is 31.2 Å². The molecular formula is C29H24Cl2N6O3. The van der Waals surface area contributed by atoms with Crippen molar-refractivity contribution in [2.75, 3.05) is 5.73 Å². The second kappa shape index (κ2) is 10.0. The smallest absolute Gasteiger partial charge is 0.269 e. The Bertz CT molecular complexity index is 1760. The molecule has 202 valence electrons. The zero-order valence-electron chi connectivity index (χ0n) is 21.4. The Balaban J connectivity index is 1.21. The van der Waals surface area contributed by atoms with Gasteiger partial charge in [-0.3, -0.25) is 9.59 Å². The largest absolute Gasteiger partial charge is 0.399 e. The van der Waals surface area contributed by atoms with Crippen LogP contribution in [0.1, 0.15) is 34.7 Å². The summed E-state index contributed by atoms with van der Waals surface area (Å²) in [6.07, 6.45) is 0.963. The van der Waals surface area contributed by atoms with Crippen LogP contribution in [0, 0.1) is 6.92 Å². The SMILES string of the molecule is Cc1nc(-c2c(Cl)c3ccccc3n2-c2ccc(CNC(=O)C3(N(Cl)C(=O)c4cccc(N)c4)CC3)cc2)no1. The number of aromatic nitrogens is 3. The minimum Gasteiger partial charge on any atom is -0.399 e. The summed E-state index contributed by atoms with van der Waals surface area (Å²) in [5.41, 5.74) is 8.73. The Morgan fingerprint density at radius 3 is 2.52 bits per heavy atom. The number of para-hydroxylation sites is 1. The normalized spacial score (nSPS) is 13.8. The van der Waals surface area contributed by atoms with Crippen molar-refractivity contribution in [2.24, 2.45) is 0 Å². The van der Waals surface area contributed by atoms with Crippen molar-refractivity contribution in [3.63, 3.8) is 0 Å². The number of amides is 2. The summed E-state index contributed by atoms with van der Waals surface area (Å²) in [4.78, 5) is 30.4. The van der Waals surface area contributed by atoms with Gasteiger partial charge in [-0.25, -0.2) is 4.42 Å². The molecule has 2 amide bonds. The molecule has 5 aromatic rings. The predicted molar refractivity (Wildman–Crippen MR) is 153 cm³/mol. The van der Waals surface area contributed by atoms with Crippen molar-refractivity contribution in [1.29, 1.82) is 0 Å². The molecule has 3 N–H and O–H groups in total. The number of aryl methyl sites for hydroxylation is 1. The lowest BCUT2D eigenvalue weighted by atomic mass is 10.1. The molecule has 1 saturated carbocycles. The molecule has 0 saturated heterocycles. The van der Waals surface area contributed by atoms with Crippen LogP contribution in [-0.4, -0.2) is 36.5 Å². The van der Waals surface area contributed by atoms with Crippen LogP contribution in [0.4, 0.5) is 5.69 Å². The third-order valence-electron chi connectivity index (χ3n) is 7.03. The van der Waals surface area contributed by atoms with E-state index < -0.39 is 11.4 Å². The van der Waals surface area contributed by atoms with E-state index in [1.807, 2.05) is 53.1 Å². The maximum absolute atomic E-state index is 13.1. The first-order valence-corrected chi connectivity index (χ1v) is 13.3. The first-order chi connectivity index (χ1) is 19.3. The Kier molecular flexibility index (Phi) is 6.48. The van der Waals surface area contributed by atoms with Crippen LogP contribution < -0.4 is 11.1 Å². The molecule has 9 nitrogen and oxygen atoms in total. The highest BCUT2D eigenvalue weighted by Crippen LogP contribution is 2.44. The zero-order chi connectivity index (χ0) is 28.0. The molecule has 1 aliphatic rings. The van der Waals surface area contributed by atoms with Crippen molar-refractivity contribution >= 4 is 51.8 Å². The number of carbonyl (C=O) groups excluding carboxylic acids is 2. The molecule has 1 aliphatic carbocycles. The van der Waals surface area contributed by atoms with E-state index in [-0.39, 0.29) is 12.5 Å². The average Bonchev–Trinajstić information content (AvgIpc) is 3.59. The lowest BCUT2D eigenvalue weighted by Crippen LogP contribution is -2.47. The molecule has 40 heavy (non-hydrogen) atoms. The summed E-state index contributed by atoms with van der Waals surface area (Å²) in [6.45, 7) is 1.99. The quantitative estimate of drug-likeness (QED) is 0.191. The van der Waals surface area contributed by atoms with Crippen LogP contribution in [-0.2, 0) is 11.3 Å². The summed E-state index contributed by atoms with van der Waals surface area (Å²) < 4.78 is 8.20. The van der Waals surface area contributed by atoms with Gasteiger partial charge in [-0.05, 0) is 54.8 Å². The van der Waals surface area contributed by atoms with Gasteiger partial charge in [0.15, 0.2) is 0 Å². The highest BCUT2D eigenvalue weighted by molar-refractivity contribution is 6.38. The fraction of sp³-hybridized carbons (Fsp3) is 0.172. The molecule has 2 aromatic heterocycles. The average molecular weight is 575 g/mol. The number of hydrogen-bond acceptors (Lipinski definition) is 6. The molecular weight excluding hydrogens is 551 g/mol. The van der Waals surface area contributed by atoms with E-state index in [9.17, 15) is 9.59 Å². The minimum atomic E-state index is -1.08. The van der Waals surface area contributed by atoms with E-state index in [0.29, 0.717) is 46.5 Å². The van der Waals surface area contributed by atoms with Crippen LogP contribution in [0.5, 0.6) is 0 Å². The molecule has 2 heterocycles. The van der Waals surface area contributed by atoms with Crippen molar-refractivity contribution < 1.29 is 14.1 Å². The first kappa shape index (κ1) is 25.9. The number of rotatable bonds is 7. The van der Waals surface area contributed by atoms with Gasteiger partial charge in [-0.1, -0.05) is 53.2 Å². The van der Waals surface area contributed by atoms with Crippen molar-refractivity contribution in [2.45, 2.75) is 31.8 Å². The second-order valence-electron chi connectivity index (χ2n) is 9.74. The molecule has 0 unspecified atom stereocenters. The van der Waals surface area contributed by atoms with E-state index in [0.717, 1.165) is 26.6 Å². The molecule has 0 radical (unpaired) electrons. The third-order valence-corrected chi connectivity index (χ3v) is 7.89. The number of hydrogen-bond donors (Lipinski definition) is 2. The van der Waals surface area contributed by atoms with E-state index in [2.05, 4.69) is 15.5 Å². The highest BCUT2D eigenvalue weighted by Gasteiger charge is 2.56. The van der Waals surface area contributed by atoms with Crippen LogP contribution in [0.25, 0.3) is 28.1 Å². The summed E-state index contributed by atoms with van der Waals surface area (Å²) in [6, 6.07) is 22.0. The number of halogens is 2. The molecule has 0 aliphatic heterocycles. The third kappa shape index (κ3) is 4.47. The molecule has 11 heteroatoms. The van der Waals surface area contributed by atoms with Gasteiger partial charge in [-0.2, -0.15) is 4.98 Å². The van der Waals surface area contributed by atoms with Crippen LogP contribution in [0.3, 0.4) is 0 Å². The fourth-order valence-electron chi connectivity index (χ4n) is 4.78. The maximum Gasteiger partial charge on any atom is 0.269 e.